The van der Waals surface area contributed by atoms with Crippen LogP contribution in [0.5, 0.6) is 0 Å². The normalized spacial score (nSPS) is 21.8. The number of nitro groups is 1. The first kappa shape index (κ1) is 30.0. The number of hydrogen-bond acceptors (Lipinski definition) is 8. The first-order valence-electron chi connectivity index (χ1n) is 12.7. The van der Waals surface area contributed by atoms with Crippen molar-refractivity contribution in [2.45, 2.75) is 60.5 Å². The van der Waals surface area contributed by atoms with Crippen LogP contribution in [0.25, 0.3) is 0 Å². The molecule has 2 unspecified atom stereocenters. The summed E-state index contributed by atoms with van der Waals surface area (Å²) < 4.78 is 69.0. The summed E-state index contributed by atoms with van der Waals surface area (Å²) >= 11 is 0. The molecule has 1 heterocycles. The number of amides is 2. The summed E-state index contributed by atoms with van der Waals surface area (Å²) in [5.74, 6) is -4.94. The molecule has 2 aromatic carbocycles. The topological polar surface area (TPSA) is 170 Å². The minimum absolute atomic E-state index is 0.205. The molecule has 2 aliphatic rings. The Balaban J connectivity index is 1.92. The molecule has 3 N–H and O–H groups in total. The van der Waals surface area contributed by atoms with Crippen molar-refractivity contribution in [3.05, 3.63) is 64.2 Å². The summed E-state index contributed by atoms with van der Waals surface area (Å²) in [4.78, 5) is 50.7. The molecule has 0 bridgehead atoms. The van der Waals surface area contributed by atoms with Gasteiger partial charge in [-0.25, -0.2) is 8.42 Å². The minimum Gasteiger partial charge on any atom is -0.368 e. The number of alkyl halides is 3. The largest absolute Gasteiger partial charge is 0.417 e. The van der Waals surface area contributed by atoms with Gasteiger partial charge in [0.05, 0.1) is 26.6 Å². The maximum Gasteiger partial charge on any atom is 0.417 e. The Morgan fingerprint density at radius 2 is 1.76 bits per heavy atom. The molecule has 1 saturated heterocycles. The van der Waals surface area contributed by atoms with E-state index in [1.165, 1.54) is 25.1 Å². The Morgan fingerprint density at radius 1 is 1.15 bits per heavy atom. The molecule has 1 aliphatic heterocycles. The summed E-state index contributed by atoms with van der Waals surface area (Å²) in [5, 5.41) is 12.7. The number of rotatable bonds is 10. The van der Waals surface area contributed by atoms with E-state index in [4.69, 9.17) is 5.73 Å². The lowest BCUT2D eigenvalue weighted by molar-refractivity contribution is -0.384. The number of anilines is 1. The number of Topliss-reactive ketones (excluding diaryl/α,β-unsaturated/α-hetero) is 1. The molecular weight excluding hydrogens is 569 g/mol. The van der Waals surface area contributed by atoms with Gasteiger partial charge in [-0.05, 0) is 43.9 Å². The van der Waals surface area contributed by atoms with Crippen LogP contribution in [0, 0.1) is 16.0 Å². The van der Waals surface area contributed by atoms with E-state index in [1.54, 1.807) is 0 Å². The number of nitrogens with one attached hydrogen (secondary N) is 1. The van der Waals surface area contributed by atoms with E-state index in [2.05, 4.69) is 5.32 Å². The molecule has 2 aromatic rings. The highest BCUT2D eigenvalue weighted by molar-refractivity contribution is 7.92. The lowest BCUT2D eigenvalue weighted by atomic mass is 9.76. The van der Waals surface area contributed by atoms with Gasteiger partial charge in [0, 0.05) is 18.7 Å². The number of carbonyl (C=O) groups excluding carboxylic acids is 3. The number of nitro benzene ring substituents is 1. The van der Waals surface area contributed by atoms with Crippen LogP contribution in [0.2, 0.25) is 0 Å². The zero-order valence-corrected chi connectivity index (χ0v) is 22.6. The second kappa shape index (κ2) is 10.8. The van der Waals surface area contributed by atoms with E-state index in [0.29, 0.717) is 18.9 Å². The Kier molecular flexibility index (Phi) is 7.86. The molecule has 2 amide bonds. The van der Waals surface area contributed by atoms with Crippen LogP contribution in [0.1, 0.15) is 38.2 Å². The SMILES string of the molecule is CC[C@H](C(=O)C(=O)NC1CC1)C1(C(N)=O)CC(S(=O)(=O)c2ccccc2C(F)(F)F)CN1c1ccccc1[N+](=O)[O-]. The van der Waals surface area contributed by atoms with Crippen LogP contribution in [0.3, 0.4) is 0 Å². The minimum atomic E-state index is -5.04. The fourth-order valence-corrected chi connectivity index (χ4v) is 7.44. The van der Waals surface area contributed by atoms with Gasteiger partial charge in [0.2, 0.25) is 11.7 Å². The number of nitrogens with zero attached hydrogens (tertiary/aromatic N) is 2. The number of hydrogen-bond donors (Lipinski definition) is 2. The van der Waals surface area contributed by atoms with Crippen molar-refractivity contribution in [2.75, 3.05) is 11.4 Å². The monoisotopic (exact) mass is 596 g/mol. The van der Waals surface area contributed by atoms with Gasteiger partial charge in [-0.1, -0.05) is 31.2 Å². The summed E-state index contributed by atoms with van der Waals surface area (Å²) in [7, 11) is -4.88. The Labute approximate surface area is 232 Å². The maximum atomic E-state index is 13.8. The number of benzene rings is 2. The molecule has 3 atom stereocenters. The van der Waals surface area contributed by atoms with E-state index in [0.717, 1.165) is 29.2 Å². The van der Waals surface area contributed by atoms with Crippen molar-refractivity contribution < 1.29 is 40.9 Å². The molecule has 0 aromatic heterocycles. The molecular formula is C26H27F3N4O7S. The summed E-state index contributed by atoms with van der Waals surface area (Å²) in [6, 6.07) is 8.27. The average molecular weight is 597 g/mol. The molecule has 15 heteroatoms. The van der Waals surface area contributed by atoms with Gasteiger partial charge < -0.3 is 16.0 Å². The van der Waals surface area contributed by atoms with Gasteiger partial charge in [0.25, 0.3) is 11.6 Å². The Morgan fingerprint density at radius 3 is 2.32 bits per heavy atom. The van der Waals surface area contributed by atoms with E-state index >= 15 is 0 Å². The maximum absolute atomic E-state index is 13.8. The average Bonchev–Trinajstić information content (AvgIpc) is 3.64. The predicted molar refractivity (Wildman–Crippen MR) is 139 cm³/mol. The molecule has 41 heavy (non-hydrogen) atoms. The van der Waals surface area contributed by atoms with Gasteiger partial charge in [-0.3, -0.25) is 24.5 Å². The molecule has 1 saturated carbocycles. The third kappa shape index (κ3) is 5.37. The summed E-state index contributed by atoms with van der Waals surface area (Å²) in [6.45, 7) is 0.742. The van der Waals surface area contributed by atoms with E-state index in [1.807, 2.05) is 0 Å². The first-order valence-corrected chi connectivity index (χ1v) is 14.3. The van der Waals surface area contributed by atoms with Crippen molar-refractivity contribution in [2.24, 2.45) is 11.7 Å². The number of halogens is 3. The second-order valence-corrected chi connectivity index (χ2v) is 12.3. The van der Waals surface area contributed by atoms with E-state index < -0.39 is 84.4 Å². The quantitative estimate of drug-likeness (QED) is 0.240. The van der Waals surface area contributed by atoms with Crippen LogP contribution >= 0.6 is 0 Å². The smallest absolute Gasteiger partial charge is 0.368 e. The third-order valence-corrected chi connectivity index (χ3v) is 9.74. The number of carbonyl (C=O) groups is 3. The fourth-order valence-electron chi connectivity index (χ4n) is 5.50. The lowest BCUT2D eigenvalue weighted by Crippen LogP contribution is -2.62. The number of para-hydroxylation sites is 2. The highest BCUT2D eigenvalue weighted by atomic mass is 32.2. The molecule has 220 valence electrons. The van der Waals surface area contributed by atoms with Crippen LogP contribution in [0.4, 0.5) is 24.5 Å². The summed E-state index contributed by atoms with van der Waals surface area (Å²) in [6.07, 6.45) is -4.76. The van der Waals surface area contributed by atoms with Crippen LogP contribution in [-0.2, 0) is 30.4 Å². The number of primary amides is 1. The second-order valence-electron chi connectivity index (χ2n) is 10.1. The third-order valence-electron chi connectivity index (χ3n) is 7.58. The highest BCUT2D eigenvalue weighted by Gasteiger charge is 2.61. The molecule has 0 spiro atoms. The molecule has 2 fully saturated rings. The van der Waals surface area contributed by atoms with Crippen molar-refractivity contribution in [3.8, 4) is 0 Å². The molecule has 1 aliphatic carbocycles. The van der Waals surface area contributed by atoms with Gasteiger partial charge >= 0.3 is 6.18 Å². The van der Waals surface area contributed by atoms with Crippen LogP contribution < -0.4 is 16.0 Å². The van der Waals surface area contributed by atoms with E-state index in [-0.39, 0.29) is 18.2 Å². The summed E-state index contributed by atoms with van der Waals surface area (Å²) in [5.41, 5.74) is 1.29. The number of ketones is 1. The Hall–Kier alpha value is -4.01. The number of nitrogens with two attached hydrogens (primary N) is 1. The van der Waals surface area contributed by atoms with Crippen molar-refractivity contribution in [1.82, 2.24) is 5.32 Å². The highest BCUT2D eigenvalue weighted by Crippen LogP contribution is 2.48. The zero-order valence-electron chi connectivity index (χ0n) is 21.8. The molecule has 4 rings (SSSR count). The zero-order chi connectivity index (χ0) is 30.3. The molecule has 11 nitrogen and oxygen atoms in total. The van der Waals surface area contributed by atoms with Crippen molar-refractivity contribution in [3.63, 3.8) is 0 Å². The van der Waals surface area contributed by atoms with Gasteiger partial charge in [-0.2, -0.15) is 13.2 Å². The van der Waals surface area contributed by atoms with Crippen molar-refractivity contribution >= 4 is 38.8 Å². The van der Waals surface area contributed by atoms with Gasteiger partial charge in [-0.15, -0.1) is 0 Å². The molecule has 0 radical (unpaired) electrons. The Bertz CT molecular complexity index is 1510. The van der Waals surface area contributed by atoms with Crippen molar-refractivity contribution in [1.29, 1.82) is 0 Å². The van der Waals surface area contributed by atoms with Crippen LogP contribution in [-0.4, -0.2) is 54.3 Å². The predicted octanol–water partition coefficient (Wildman–Crippen LogP) is 2.76. The fraction of sp³-hybridized carbons (Fsp3) is 0.423. The van der Waals surface area contributed by atoms with E-state index in [9.17, 15) is 46.1 Å². The first-order chi connectivity index (χ1) is 19.2. The lowest BCUT2D eigenvalue weighted by Gasteiger charge is -2.41. The number of sulfone groups is 1. The van der Waals surface area contributed by atoms with Crippen LogP contribution in [0.15, 0.2) is 53.4 Å². The standard InChI is InChI=1S/C26H27F3N4O7S/c1-2-17(22(34)23(35)31-15-11-12-15)25(24(30)36)13-16(14-32(25)19-8-4-5-9-20(19)33(37)38)41(39,40)21-10-6-3-7-18(21)26(27,28)29/h3-10,15-17H,2,11-14H2,1H3,(H2,30,36)(H,31,35)/t16?,17-,25?/m1/s1. The van der Waals surface area contributed by atoms with Gasteiger partial charge in [0.15, 0.2) is 9.84 Å². The van der Waals surface area contributed by atoms with Gasteiger partial charge in [0.1, 0.15) is 11.2 Å².